The van der Waals surface area contributed by atoms with E-state index < -0.39 is 0 Å². The quantitative estimate of drug-likeness (QED) is 0.797. The summed E-state index contributed by atoms with van der Waals surface area (Å²) in [5, 5.41) is 5.18. The zero-order valence-corrected chi connectivity index (χ0v) is 16.5. The molecule has 1 aliphatic heterocycles. The van der Waals surface area contributed by atoms with Crippen molar-refractivity contribution in [3.63, 3.8) is 0 Å². The largest absolute Gasteiger partial charge is 0.382 e. The SMILES string of the molecule is Cc1sc2nccc(NC3CCN(CC4CCCCC4)CC3)c2c1C. The van der Waals surface area contributed by atoms with Crippen LogP contribution < -0.4 is 5.32 Å². The Balaban J connectivity index is 1.36. The molecule has 136 valence electrons. The normalized spacial score (nSPS) is 21.0. The van der Waals surface area contributed by atoms with Gasteiger partial charge in [0, 0.05) is 47.8 Å². The Morgan fingerprint density at radius 3 is 2.64 bits per heavy atom. The lowest BCUT2D eigenvalue weighted by Gasteiger charge is -2.36. The van der Waals surface area contributed by atoms with E-state index in [1.807, 2.05) is 17.5 Å². The summed E-state index contributed by atoms with van der Waals surface area (Å²) in [4.78, 5) is 9.85. The zero-order chi connectivity index (χ0) is 17.2. The van der Waals surface area contributed by atoms with Crippen LogP contribution in [0.25, 0.3) is 10.2 Å². The molecule has 2 aromatic heterocycles. The number of anilines is 1. The number of piperidine rings is 1. The van der Waals surface area contributed by atoms with E-state index in [9.17, 15) is 0 Å². The minimum absolute atomic E-state index is 0.604. The highest BCUT2D eigenvalue weighted by molar-refractivity contribution is 7.18. The fourth-order valence-corrected chi connectivity index (χ4v) is 5.64. The van der Waals surface area contributed by atoms with Gasteiger partial charge in [-0.05, 0) is 57.1 Å². The van der Waals surface area contributed by atoms with Gasteiger partial charge < -0.3 is 10.2 Å². The summed E-state index contributed by atoms with van der Waals surface area (Å²) >= 11 is 1.82. The first-order chi connectivity index (χ1) is 12.2. The Morgan fingerprint density at radius 1 is 1.12 bits per heavy atom. The molecule has 4 heteroatoms. The van der Waals surface area contributed by atoms with Crippen LogP contribution in [-0.2, 0) is 0 Å². The van der Waals surface area contributed by atoms with Gasteiger partial charge in [0.1, 0.15) is 4.83 Å². The summed E-state index contributed by atoms with van der Waals surface area (Å²) in [7, 11) is 0. The molecule has 4 rings (SSSR count). The number of nitrogens with zero attached hydrogens (tertiary/aromatic N) is 2. The molecule has 3 nitrogen and oxygen atoms in total. The molecule has 0 spiro atoms. The average molecular weight is 358 g/mol. The average Bonchev–Trinajstić information content (AvgIpc) is 2.93. The number of rotatable bonds is 4. The lowest BCUT2D eigenvalue weighted by molar-refractivity contribution is 0.168. The summed E-state index contributed by atoms with van der Waals surface area (Å²) in [5.74, 6) is 0.967. The van der Waals surface area contributed by atoms with Crippen molar-refractivity contribution in [3.8, 4) is 0 Å². The third kappa shape index (κ3) is 3.85. The Bertz CT molecular complexity index is 709. The Morgan fingerprint density at radius 2 is 1.88 bits per heavy atom. The number of aromatic nitrogens is 1. The minimum atomic E-state index is 0.604. The first-order valence-corrected chi connectivity index (χ1v) is 10.9. The van der Waals surface area contributed by atoms with Gasteiger partial charge in [-0.3, -0.25) is 0 Å². The summed E-state index contributed by atoms with van der Waals surface area (Å²) in [6.07, 6.45) is 11.8. The fraction of sp³-hybridized carbons (Fsp3) is 0.667. The van der Waals surface area contributed by atoms with Crippen molar-refractivity contribution in [1.82, 2.24) is 9.88 Å². The highest BCUT2D eigenvalue weighted by atomic mass is 32.1. The molecule has 2 aromatic rings. The molecule has 0 aromatic carbocycles. The first kappa shape index (κ1) is 17.3. The summed E-state index contributed by atoms with van der Waals surface area (Å²) in [6.45, 7) is 8.28. The zero-order valence-electron chi connectivity index (χ0n) is 15.7. The number of hydrogen-bond donors (Lipinski definition) is 1. The summed E-state index contributed by atoms with van der Waals surface area (Å²) in [6, 6.07) is 2.77. The number of aryl methyl sites for hydroxylation is 2. The third-order valence-electron chi connectivity index (χ3n) is 6.26. The maximum atomic E-state index is 4.56. The van der Waals surface area contributed by atoms with Crippen molar-refractivity contribution in [2.24, 2.45) is 5.92 Å². The van der Waals surface area contributed by atoms with Crippen molar-refractivity contribution < 1.29 is 0 Å². The Hall–Kier alpha value is -1.13. The van der Waals surface area contributed by atoms with E-state index in [1.165, 1.54) is 90.9 Å². The smallest absolute Gasteiger partial charge is 0.125 e. The highest BCUT2D eigenvalue weighted by Gasteiger charge is 2.23. The molecule has 0 bridgehead atoms. The van der Waals surface area contributed by atoms with Gasteiger partial charge in [-0.2, -0.15) is 0 Å². The van der Waals surface area contributed by atoms with Gasteiger partial charge in [0.2, 0.25) is 0 Å². The number of thiophene rings is 1. The summed E-state index contributed by atoms with van der Waals surface area (Å²) in [5.41, 5.74) is 2.68. The maximum absolute atomic E-state index is 4.56. The van der Waals surface area contributed by atoms with Gasteiger partial charge in [-0.1, -0.05) is 19.3 Å². The molecule has 1 aliphatic carbocycles. The standard InChI is InChI=1S/C21H31N3S/c1-15-16(2)25-21-20(15)19(8-11-22-21)23-18-9-12-24(13-10-18)14-17-6-4-3-5-7-17/h8,11,17-18H,3-7,9-10,12-14H2,1-2H3,(H,22,23). The van der Waals surface area contributed by atoms with E-state index in [1.54, 1.807) is 0 Å². The molecule has 2 fully saturated rings. The molecule has 1 saturated carbocycles. The molecular weight excluding hydrogens is 326 g/mol. The molecule has 1 N–H and O–H groups in total. The third-order valence-corrected chi connectivity index (χ3v) is 7.37. The lowest BCUT2D eigenvalue weighted by atomic mass is 9.88. The number of fused-ring (bicyclic) bond motifs is 1. The second-order valence-electron chi connectivity index (χ2n) is 8.05. The van der Waals surface area contributed by atoms with Gasteiger partial charge in [0.05, 0.1) is 0 Å². The van der Waals surface area contributed by atoms with Crippen LogP contribution in [0.3, 0.4) is 0 Å². The molecular formula is C21H31N3S. The number of likely N-dealkylation sites (tertiary alicyclic amines) is 1. The van der Waals surface area contributed by atoms with Gasteiger partial charge in [-0.15, -0.1) is 11.3 Å². The van der Waals surface area contributed by atoms with Crippen molar-refractivity contribution in [2.75, 3.05) is 25.0 Å². The molecule has 0 atom stereocenters. The monoisotopic (exact) mass is 357 g/mol. The number of pyridine rings is 1. The molecule has 0 amide bonds. The molecule has 25 heavy (non-hydrogen) atoms. The van der Waals surface area contributed by atoms with Crippen LogP contribution in [0.4, 0.5) is 5.69 Å². The van der Waals surface area contributed by atoms with Crippen LogP contribution in [0.5, 0.6) is 0 Å². The highest BCUT2D eigenvalue weighted by Crippen LogP contribution is 2.34. The Labute approximate surface area is 155 Å². The predicted molar refractivity (Wildman–Crippen MR) is 109 cm³/mol. The van der Waals surface area contributed by atoms with Gasteiger partial charge in [0.25, 0.3) is 0 Å². The van der Waals surface area contributed by atoms with E-state index in [-0.39, 0.29) is 0 Å². The van der Waals surface area contributed by atoms with E-state index >= 15 is 0 Å². The lowest BCUT2D eigenvalue weighted by Crippen LogP contribution is -2.41. The van der Waals surface area contributed by atoms with Crippen molar-refractivity contribution in [1.29, 1.82) is 0 Å². The van der Waals surface area contributed by atoms with E-state index in [2.05, 4.69) is 35.1 Å². The number of hydrogen-bond acceptors (Lipinski definition) is 4. The Kier molecular flexibility index (Phi) is 5.28. The maximum Gasteiger partial charge on any atom is 0.125 e. The van der Waals surface area contributed by atoms with Crippen molar-refractivity contribution in [3.05, 3.63) is 22.7 Å². The molecule has 1 saturated heterocycles. The second kappa shape index (κ2) is 7.63. The van der Waals surface area contributed by atoms with Crippen LogP contribution >= 0.6 is 11.3 Å². The molecule has 3 heterocycles. The fourth-order valence-electron chi connectivity index (χ4n) is 4.61. The molecule has 2 aliphatic rings. The van der Waals surface area contributed by atoms with Crippen LogP contribution in [0.2, 0.25) is 0 Å². The second-order valence-corrected chi connectivity index (χ2v) is 9.25. The molecule has 0 radical (unpaired) electrons. The molecule has 0 unspecified atom stereocenters. The van der Waals surface area contributed by atoms with Crippen LogP contribution in [-0.4, -0.2) is 35.6 Å². The van der Waals surface area contributed by atoms with Crippen LogP contribution in [0, 0.1) is 19.8 Å². The summed E-state index contributed by atoms with van der Waals surface area (Å²) < 4.78 is 0. The van der Waals surface area contributed by atoms with E-state index in [0.717, 1.165) is 5.92 Å². The van der Waals surface area contributed by atoms with Crippen molar-refractivity contribution >= 4 is 27.2 Å². The predicted octanol–water partition coefficient (Wildman–Crippen LogP) is 5.37. The van der Waals surface area contributed by atoms with Crippen molar-refractivity contribution in [2.45, 2.75) is 64.8 Å². The van der Waals surface area contributed by atoms with Crippen LogP contribution in [0.1, 0.15) is 55.4 Å². The van der Waals surface area contributed by atoms with Gasteiger partial charge >= 0.3 is 0 Å². The topological polar surface area (TPSA) is 28.2 Å². The number of nitrogens with one attached hydrogen (secondary N) is 1. The van der Waals surface area contributed by atoms with E-state index in [4.69, 9.17) is 0 Å². The van der Waals surface area contributed by atoms with Gasteiger partial charge in [-0.25, -0.2) is 4.98 Å². The minimum Gasteiger partial charge on any atom is -0.382 e. The van der Waals surface area contributed by atoms with E-state index in [0.29, 0.717) is 6.04 Å². The first-order valence-electron chi connectivity index (χ1n) is 10.0. The van der Waals surface area contributed by atoms with Crippen LogP contribution in [0.15, 0.2) is 12.3 Å². The van der Waals surface area contributed by atoms with Gasteiger partial charge in [0.15, 0.2) is 0 Å².